The van der Waals surface area contributed by atoms with E-state index in [0.29, 0.717) is 5.92 Å². The van der Waals surface area contributed by atoms with Crippen molar-refractivity contribution < 1.29 is 4.79 Å². The molecular formula is C17H26N4O. The Hall–Kier alpha value is -1.62. The predicted molar refractivity (Wildman–Crippen MR) is 88.0 cm³/mol. The summed E-state index contributed by atoms with van der Waals surface area (Å²) >= 11 is 0. The summed E-state index contributed by atoms with van der Waals surface area (Å²) in [5, 5.41) is 3.01. The number of rotatable bonds is 3. The molecule has 3 rings (SSSR count). The lowest BCUT2D eigenvalue weighted by atomic mass is 10.1. The summed E-state index contributed by atoms with van der Waals surface area (Å²) in [6.07, 6.45) is 8.65. The first-order valence-corrected chi connectivity index (χ1v) is 8.41. The molecule has 2 saturated heterocycles. The fraction of sp³-hybridized carbons (Fsp3) is 0.647. The van der Waals surface area contributed by atoms with E-state index < -0.39 is 0 Å². The Balaban J connectivity index is 1.49. The molecule has 2 aliphatic heterocycles. The summed E-state index contributed by atoms with van der Waals surface area (Å²) in [4.78, 5) is 21.0. The molecule has 22 heavy (non-hydrogen) atoms. The van der Waals surface area contributed by atoms with Crippen LogP contribution in [0.5, 0.6) is 0 Å². The van der Waals surface area contributed by atoms with Crippen molar-refractivity contribution in [3.63, 3.8) is 0 Å². The Morgan fingerprint density at radius 3 is 2.91 bits per heavy atom. The lowest BCUT2D eigenvalue weighted by Gasteiger charge is -2.29. The van der Waals surface area contributed by atoms with Crippen LogP contribution in [0.2, 0.25) is 0 Å². The topological polar surface area (TPSA) is 48.5 Å². The van der Waals surface area contributed by atoms with Crippen molar-refractivity contribution >= 4 is 11.7 Å². The fourth-order valence-corrected chi connectivity index (χ4v) is 3.48. The van der Waals surface area contributed by atoms with Crippen molar-refractivity contribution in [3.05, 3.63) is 24.0 Å². The number of urea groups is 1. The van der Waals surface area contributed by atoms with Gasteiger partial charge < -0.3 is 15.1 Å². The number of aromatic nitrogens is 1. The van der Waals surface area contributed by atoms with Crippen LogP contribution >= 0.6 is 0 Å². The molecule has 1 aromatic heterocycles. The van der Waals surface area contributed by atoms with E-state index in [9.17, 15) is 4.79 Å². The highest BCUT2D eigenvalue weighted by atomic mass is 16.2. The molecule has 0 bridgehead atoms. The van der Waals surface area contributed by atoms with Crippen LogP contribution in [0, 0.1) is 12.8 Å². The van der Waals surface area contributed by atoms with Gasteiger partial charge in [0.2, 0.25) is 0 Å². The Kier molecular flexibility index (Phi) is 4.93. The zero-order valence-corrected chi connectivity index (χ0v) is 13.4. The van der Waals surface area contributed by atoms with Gasteiger partial charge in [-0.3, -0.25) is 4.98 Å². The van der Waals surface area contributed by atoms with E-state index in [2.05, 4.69) is 15.2 Å². The van der Waals surface area contributed by atoms with Crippen LogP contribution in [-0.4, -0.2) is 53.5 Å². The fourth-order valence-electron chi connectivity index (χ4n) is 3.48. The summed E-state index contributed by atoms with van der Waals surface area (Å²) < 4.78 is 0. The van der Waals surface area contributed by atoms with E-state index in [0.717, 1.165) is 37.3 Å². The molecular weight excluding hydrogens is 276 g/mol. The maximum Gasteiger partial charge on any atom is 0.321 e. The number of nitrogens with one attached hydrogen (secondary N) is 1. The molecule has 3 heterocycles. The molecule has 5 nitrogen and oxygen atoms in total. The highest BCUT2D eigenvalue weighted by Gasteiger charge is 2.28. The second kappa shape index (κ2) is 7.09. The SMILES string of the molecule is Cc1cnccc1NC(=O)N1CCC(CN2CCCCC2)C1. The average molecular weight is 302 g/mol. The normalized spacial score (nSPS) is 22.8. The number of pyridine rings is 1. The first-order chi connectivity index (χ1) is 10.7. The number of anilines is 1. The van der Waals surface area contributed by atoms with Crippen LogP contribution in [0.25, 0.3) is 0 Å². The van der Waals surface area contributed by atoms with Crippen LogP contribution in [0.15, 0.2) is 18.5 Å². The quantitative estimate of drug-likeness (QED) is 0.934. The minimum atomic E-state index is 0.0236. The first kappa shape index (κ1) is 15.3. The number of piperidine rings is 1. The van der Waals surface area contributed by atoms with E-state index in [1.54, 1.807) is 12.4 Å². The molecule has 5 heteroatoms. The smallest absolute Gasteiger partial charge is 0.321 e. The van der Waals surface area contributed by atoms with Gasteiger partial charge in [0.25, 0.3) is 0 Å². The van der Waals surface area contributed by atoms with Crippen LogP contribution in [0.1, 0.15) is 31.2 Å². The van der Waals surface area contributed by atoms with Gasteiger partial charge in [-0.05, 0) is 56.8 Å². The van der Waals surface area contributed by atoms with Crippen LogP contribution in [-0.2, 0) is 0 Å². The molecule has 2 fully saturated rings. The molecule has 0 aliphatic carbocycles. The van der Waals surface area contributed by atoms with Crippen LogP contribution < -0.4 is 5.32 Å². The number of amides is 2. The second-order valence-electron chi connectivity index (χ2n) is 6.58. The number of aryl methyl sites for hydroxylation is 1. The van der Waals surface area contributed by atoms with E-state index in [1.807, 2.05) is 17.9 Å². The number of hydrogen-bond donors (Lipinski definition) is 1. The summed E-state index contributed by atoms with van der Waals surface area (Å²) in [5.74, 6) is 0.627. The van der Waals surface area contributed by atoms with E-state index in [-0.39, 0.29) is 6.03 Å². The lowest BCUT2D eigenvalue weighted by molar-refractivity contribution is 0.192. The van der Waals surface area contributed by atoms with E-state index in [1.165, 1.54) is 32.4 Å². The largest absolute Gasteiger partial charge is 0.324 e. The van der Waals surface area contributed by atoms with Gasteiger partial charge in [-0.2, -0.15) is 0 Å². The molecule has 1 aromatic rings. The molecule has 120 valence electrons. The third-order valence-corrected chi connectivity index (χ3v) is 4.80. The number of likely N-dealkylation sites (tertiary alicyclic amines) is 2. The minimum absolute atomic E-state index is 0.0236. The summed E-state index contributed by atoms with van der Waals surface area (Å²) in [7, 11) is 0. The molecule has 0 spiro atoms. The van der Waals surface area contributed by atoms with Gasteiger partial charge in [0.1, 0.15) is 0 Å². The molecule has 0 saturated carbocycles. The molecule has 2 amide bonds. The van der Waals surface area contributed by atoms with E-state index in [4.69, 9.17) is 0 Å². The summed E-state index contributed by atoms with van der Waals surface area (Å²) in [5.41, 5.74) is 1.86. The van der Waals surface area contributed by atoms with Crippen LogP contribution in [0.3, 0.4) is 0 Å². The van der Waals surface area contributed by atoms with Crippen molar-refractivity contribution in [2.75, 3.05) is 38.0 Å². The van der Waals surface area contributed by atoms with Gasteiger partial charge in [0, 0.05) is 37.7 Å². The average Bonchev–Trinajstić information content (AvgIpc) is 2.99. The predicted octanol–water partition coefficient (Wildman–Crippen LogP) is 2.73. The zero-order valence-electron chi connectivity index (χ0n) is 13.4. The highest BCUT2D eigenvalue weighted by molar-refractivity contribution is 5.90. The van der Waals surface area contributed by atoms with Crippen molar-refractivity contribution in [1.82, 2.24) is 14.8 Å². The molecule has 2 aliphatic rings. The third-order valence-electron chi connectivity index (χ3n) is 4.80. The third kappa shape index (κ3) is 3.77. The number of hydrogen-bond acceptors (Lipinski definition) is 3. The van der Waals surface area contributed by atoms with Crippen molar-refractivity contribution in [3.8, 4) is 0 Å². The summed E-state index contributed by atoms with van der Waals surface area (Å²) in [6.45, 7) is 7.34. The standard InChI is InChI=1S/C17H26N4O/c1-14-11-18-7-5-16(14)19-17(22)21-10-6-15(13-21)12-20-8-3-2-4-9-20/h5,7,11,15H,2-4,6,8-10,12-13H2,1H3,(H,18,19,22). The number of carbonyl (C=O) groups excluding carboxylic acids is 1. The van der Waals surface area contributed by atoms with Crippen molar-refractivity contribution in [1.29, 1.82) is 0 Å². The van der Waals surface area contributed by atoms with Gasteiger partial charge in [-0.15, -0.1) is 0 Å². The van der Waals surface area contributed by atoms with Crippen molar-refractivity contribution in [2.45, 2.75) is 32.6 Å². The molecule has 1 unspecified atom stereocenters. The number of carbonyl (C=O) groups is 1. The maximum absolute atomic E-state index is 12.4. The maximum atomic E-state index is 12.4. The lowest BCUT2D eigenvalue weighted by Crippen LogP contribution is -2.37. The summed E-state index contributed by atoms with van der Waals surface area (Å²) in [6, 6.07) is 1.88. The van der Waals surface area contributed by atoms with E-state index >= 15 is 0 Å². The monoisotopic (exact) mass is 302 g/mol. The zero-order chi connectivity index (χ0) is 15.4. The van der Waals surface area contributed by atoms with Crippen molar-refractivity contribution in [2.24, 2.45) is 5.92 Å². The minimum Gasteiger partial charge on any atom is -0.324 e. The molecule has 0 aromatic carbocycles. The highest BCUT2D eigenvalue weighted by Crippen LogP contribution is 2.21. The Labute approximate surface area is 132 Å². The Morgan fingerprint density at radius 1 is 1.32 bits per heavy atom. The number of nitrogens with zero attached hydrogens (tertiary/aromatic N) is 3. The molecule has 1 N–H and O–H groups in total. The van der Waals surface area contributed by atoms with Gasteiger partial charge in [-0.25, -0.2) is 4.79 Å². The molecule has 1 atom stereocenters. The molecule has 0 radical (unpaired) electrons. The van der Waals surface area contributed by atoms with Crippen LogP contribution in [0.4, 0.5) is 10.5 Å². The Morgan fingerprint density at radius 2 is 2.14 bits per heavy atom. The van der Waals surface area contributed by atoms with Gasteiger partial charge >= 0.3 is 6.03 Å². The van der Waals surface area contributed by atoms with Gasteiger partial charge in [0.15, 0.2) is 0 Å². The second-order valence-corrected chi connectivity index (χ2v) is 6.58. The first-order valence-electron chi connectivity index (χ1n) is 8.41. The van der Waals surface area contributed by atoms with Gasteiger partial charge in [0.05, 0.1) is 0 Å². The van der Waals surface area contributed by atoms with Gasteiger partial charge in [-0.1, -0.05) is 6.42 Å². The Bertz CT molecular complexity index is 513.